The first-order valence-electron chi connectivity index (χ1n) is 4.89. The van der Waals surface area contributed by atoms with Gasteiger partial charge in [0.25, 0.3) is 0 Å². The van der Waals surface area contributed by atoms with E-state index in [-0.39, 0.29) is 25.4 Å². The van der Waals surface area contributed by atoms with E-state index in [9.17, 15) is 13.2 Å². The molecule has 1 atom stereocenters. The van der Waals surface area contributed by atoms with E-state index in [1.807, 2.05) is 0 Å². The van der Waals surface area contributed by atoms with Crippen LogP contribution < -0.4 is 5.32 Å². The second-order valence-electron chi connectivity index (χ2n) is 3.87. The summed E-state index contributed by atoms with van der Waals surface area (Å²) in [5, 5.41) is 2.80. The van der Waals surface area contributed by atoms with Gasteiger partial charge in [-0.15, -0.1) is 12.4 Å². The van der Waals surface area contributed by atoms with Crippen molar-refractivity contribution in [3.8, 4) is 0 Å². The van der Waals surface area contributed by atoms with Crippen LogP contribution in [0.3, 0.4) is 0 Å². The summed E-state index contributed by atoms with van der Waals surface area (Å²) in [6, 6.07) is 8.15. The fourth-order valence-corrected chi connectivity index (χ4v) is 2.10. The van der Waals surface area contributed by atoms with Crippen LogP contribution in [-0.4, -0.2) is 19.3 Å². The molecule has 0 amide bonds. The monoisotopic (exact) mass is 251 g/mol. The maximum atomic E-state index is 13.1. The van der Waals surface area contributed by atoms with Gasteiger partial charge in [0.1, 0.15) is 5.41 Å². The summed E-state index contributed by atoms with van der Waals surface area (Å²) in [5.74, 6) is 0. The molecule has 1 aliphatic rings. The lowest BCUT2D eigenvalue weighted by Gasteiger charge is -2.31. The van der Waals surface area contributed by atoms with Gasteiger partial charge in [-0.3, -0.25) is 0 Å². The molecule has 1 aromatic carbocycles. The standard InChI is InChI=1S/C11H12F3N.ClH/c12-11(13,14)10(6-7-15-8-10)9-4-2-1-3-5-9;/h1-5,15H,6-8H2;1H/t10-;/m1./s1. The topological polar surface area (TPSA) is 12.0 Å². The van der Waals surface area contributed by atoms with Gasteiger partial charge in [-0.25, -0.2) is 0 Å². The number of hydrogen-bond donors (Lipinski definition) is 1. The van der Waals surface area contributed by atoms with E-state index in [1.165, 1.54) is 0 Å². The predicted octanol–water partition coefficient (Wildman–Crippen LogP) is 2.90. The van der Waals surface area contributed by atoms with Crippen LogP contribution in [0.5, 0.6) is 0 Å². The molecule has 0 unspecified atom stereocenters. The minimum atomic E-state index is -4.18. The highest BCUT2D eigenvalue weighted by molar-refractivity contribution is 5.85. The molecule has 16 heavy (non-hydrogen) atoms. The van der Waals surface area contributed by atoms with E-state index in [0.29, 0.717) is 12.1 Å². The zero-order chi connectivity index (χ0) is 10.9. The molecule has 0 saturated carbocycles. The lowest BCUT2D eigenvalue weighted by molar-refractivity contribution is -0.184. The van der Waals surface area contributed by atoms with Crippen molar-refractivity contribution in [2.75, 3.05) is 13.1 Å². The molecule has 1 saturated heterocycles. The number of benzene rings is 1. The Kier molecular flexibility index (Phi) is 3.86. The lowest BCUT2D eigenvalue weighted by Crippen LogP contribution is -2.44. The van der Waals surface area contributed by atoms with Crippen molar-refractivity contribution in [2.45, 2.75) is 18.0 Å². The zero-order valence-electron chi connectivity index (χ0n) is 8.55. The van der Waals surface area contributed by atoms with Crippen molar-refractivity contribution in [1.82, 2.24) is 5.32 Å². The molecule has 90 valence electrons. The van der Waals surface area contributed by atoms with E-state index >= 15 is 0 Å². The minimum Gasteiger partial charge on any atom is -0.315 e. The summed E-state index contributed by atoms with van der Waals surface area (Å²) in [4.78, 5) is 0. The number of hydrogen-bond acceptors (Lipinski definition) is 1. The number of rotatable bonds is 1. The van der Waals surface area contributed by atoms with Crippen LogP contribution in [0.2, 0.25) is 0 Å². The summed E-state index contributed by atoms with van der Waals surface area (Å²) >= 11 is 0. The SMILES string of the molecule is Cl.FC(F)(F)[C@]1(c2ccccc2)CCNC1. The van der Waals surface area contributed by atoms with Crippen LogP contribution in [0, 0.1) is 0 Å². The van der Waals surface area contributed by atoms with E-state index in [0.717, 1.165) is 0 Å². The van der Waals surface area contributed by atoms with Gasteiger partial charge in [0.15, 0.2) is 0 Å². The molecule has 1 fully saturated rings. The molecule has 1 heterocycles. The average Bonchev–Trinajstić information content (AvgIpc) is 2.68. The van der Waals surface area contributed by atoms with Crippen LogP contribution >= 0.6 is 12.4 Å². The second-order valence-corrected chi connectivity index (χ2v) is 3.87. The number of nitrogens with one attached hydrogen (secondary N) is 1. The molecule has 1 nitrogen and oxygen atoms in total. The van der Waals surface area contributed by atoms with Crippen molar-refractivity contribution in [2.24, 2.45) is 0 Å². The Morgan fingerprint density at radius 1 is 1.12 bits per heavy atom. The first-order chi connectivity index (χ1) is 7.06. The Morgan fingerprint density at radius 3 is 2.19 bits per heavy atom. The lowest BCUT2D eigenvalue weighted by atomic mass is 9.79. The maximum Gasteiger partial charge on any atom is 0.399 e. The Morgan fingerprint density at radius 2 is 1.75 bits per heavy atom. The second kappa shape index (κ2) is 4.63. The summed E-state index contributed by atoms with van der Waals surface area (Å²) in [6.07, 6.45) is -4.06. The van der Waals surface area contributed by atoms with E-state index in [4.69, 9.17) is 0 Å². The third-order valence-corrected chi connectivity index (χ3v) is 3.02. The highest BCUT2D eigenvalue weighted by atomic mass is 35.5. The number of halogens is 4. The van der Waals surface area contributed by atoms with Crippen LogP contribution in [-0.2, 0) is 5.41 Å². The highest BCUT2D eigenvalue weighted by Crippen LogP contribution is 2.45. The molecule has 0 spiro atoms. The van der Waals surface area contributed by atoms with Crippen molar-refractivity contribution in [1.29, 1.82) is 0 Å². The average molecular weight is 252 g/mol. The van der Waals surface area contributed by atoms with Crippen LogP contribution in [0.25, 0.3) is 0 Å². The molecule has 1 aliphatic heterocycles. The Balaban J connectivity index is 0.00000128. The van der Waals surface area contributed by atoms with E-state index in [2.05, 4.69) is 5.32 Å². The van der Waals surface area contributed by atoms with Gasteiger partial charge in [-0.2, -0.15) is 13.2 Å². The van der Waals surface area contributed by atoms with Crippen LogP contribution in [0.4, 0.5) is 13.2 Å². The van der Waals surface area contributed by atoms with Crippen molar-refractivity contribution < 1.29 is 13.2 Å². The van der Waals surface area contributed by atoms with Gasteiger partial charge in [0.2, 0.25) is 0 Å². The Labute approximate surface area is 98.4 Å². The quantitative estimate of drug-likeness (QED) is 0.809. The molecule has 0 radical (unpaired) electrons. The third-order valence-electron chi connectivity index (χ3n) is 3.02. The first kappa shape index (κ1) is 13.3. The number of alkyl halides is 3. The van der Waals surface area contributed by atoms with Gasteiger partial charge in [-0.05, 0) is 18.5 Å². The van der Waals surface area contributed by atoms with Crippen molar-refractivity contribution >= 4 is 12.4 Å². The molecule has 2 rings (SSSR count). The zero-order valence-corrected chi connectivity index (χ0v) is 9.37. The Bertz CT molecular complexity index is 331. The molecule has 1 N–H and O–H groups in total. The maximum absolute atomic E-state index is 13.1. The van der Waals surface area contributed by atoms with Gasteiger partial charge in [-0.1, -0.05) is 30.3 Å². The van der Waals surface area contributed by atoms with Gasteiger partial charge >= 0.3 is 6.18 Å². The largest absolute Gasteiger partial charge is 0.399 e. The van der Waals surface area contributed by atoms with Crippen molar-refractivity contribution in [3.05, 3.63) is 35.9 Å². The molecule has 5 heteroatoms. The Hall–Kier alpha value is -0.740. The molecule has 0 aromatic heterocycles. The van der Waals surface area contributed by atoms with Crippen LogP contribution in [0.15, 0.2) is 30.3 Å². The normalized spacial score (nSPS) is 25.2. The predicted molar refractivity (Wildman–Crippen MR) is 58.9 cm³/mol. The molecule has 1 aromatic rings. The summed E-state index contributed by atoms with van der Waals surface area (Å²) < 4.78 is 39.2. The smallest absolute Gasteiger partial charge is 0.315 e. The fraction of sp³-hybridized carbons (Fsp3) is 0.455. The molecular weight excluding hydrogens is 239 g/mol. The van der Waals surface area contributed by atoms with E-state index in [1.54, 1.807) is 30.3 Å². The van der Waals surface area contributed by atoms with Crippen LogP contribution in [0.1, 0.15) is 12.0 Å². The summed E-state index contributed by atoms with van der Waals surface area (Å²) in [5.41, 5.74) is -1.32. The van der Waals surface area contributed by atoms with Gasteiger partial charge < -0.3 is 5.32 Å². The van der Waals surface area contributed by atoms with Crippen molar-refractivity contribution in [3.63, 3.8) is 0 Å². The first-order valence-corrected chi connectivity index (χ1v) is 4.89. The minimum absolute atomic E-state index is 0. The molecular formula is C11H13ClF3N. The third kappa shape index (κ3) is 2.04. The molecule has 0 aliphatic carbocycles. The summed E-state index contributed by atoms with van der Waals surface area (Å²) in [7, 11) is 0. The van der Waals surface area contributed by atoms with Gasteiger partial charge in [0, 0.05) is 6.54 Å². The molecule has 0 bridgehead atoms. The highest BCUT2D eigenvalue weighted by Gasteiger charge is 2.56. The van der Waals surface area contributed by atoms with Gasteiger partial charge in [0.05, 0.1) is 0 Å². The fourth-order valence-electron chi connectivity index (χ4n) is 2.10. The summed E-state index contributed by atoms with van der Waals surface area (Å²) in [6.45, 7) is 0.412. The van der Waals surface area contributed by atoms with E-state index < -0.39 is 11.6 Å².